The highest BCUT2D eigenvalue weighted by atomic mass is 79.9. The summed E-state index contributed by atoms with van der Waals surface area (Å²) < 4.78 is 6.44. The van der Waals surface area contributed by atoms with Crippen LogP contribution in [0.1, 0.15) is 10.4 Å². The first kappa shape index (κ1) is 14.6. The molecule has 0 aliphatic carbocycles. The number of benzene rings is 2. The number of rotatable bonds is 3. The van der Waals surface area contributed by atoms with Gasteiger partial charge in [-0.15, -0.1) is 0 Å². The van der Waals surface area contributed by atoms with Crippen molar-refractivity contribution in [1.82, 2.24) is 5.32 Å². The Morgan fingerprint density at radius 2 is 2.05 bits per heavy atom. The Hall–Kier alpha value is -2.34. The first-order valence-corrected chi connectivity index (χ1v) is 7.53. The van der Waals surface area contributed by atoms with Crippen molar-refractivity contribution in [3.63, 3.8) is 0 Å². The number of carbonyl (C=O) groups is 2. The Kier molecular flexibility index (Phi) is 4.11. The molecule has 112 valence electrons. The van der Waals surface area contributed by atoms with Crippen LogP contribution in [0.15, 0.2) is 53.0 Å². The Balaban J connectivity index is 1.65. The topological polar surface area (TPSA) is 67.4 Å². The molecule has 1 aliphatic rings. The molecule has 0 bridgehead atoms. The molecule has 0 fully saturated rings. The van der Waals surface area contributed by atoms with E-state index in [2.05, 4.69) is 26.6 Å². The highest BCUT2D eigenvalue weighted by Gasteiger charge is 2.27. The van der Waals surface area contributed by atoms with Gasteiger partial charge >= 0.3 is 0 Å². The molecule has 5 nitrogen and oxygen atoms in total. The maximum atomic E-state index is 12.1. The number of ether oxygens (including phenoxy) is 1. The van der Waals surface area contributed by atoms with Crippen LogP contribution < -0.4 is 15.4 Å². The molecule has 0 aromatic heterocycles. The smallest absolute Gasteiger partial charge is 0.267 e. The molecular formula is C16H13BrN2O3. The maximum absolute atomic E-state index is 12.1. The molecule has 6 heteroatoms. The third kappa shape index (κ3) is 3.12. The number of fused-ring (bicyclic) bond motifs is 1. The van der Waals surface area contributed by atoms with Gasteiger partial charge in [-0.2, -0.15) is 0 Å². The summed E-state index contributed by atoms with van der Waals surface area (Å²) in [6.45, 7) is 0.103. The zero-order chi connectivity index (χ0) is 15.5. The van der Waals surface area contributed by atoms with Gasteiger partial charge in [0.05, 0.1) is 12.2 Å². The van der Waals surface area contributed by atoms with Crippen molar-refractivity contribution in [3.05, 3.63) is 58.6 Å². The van der Waals surface area contributed by atoms with E-state index in [1.165, 1.54) is 0 Å². The number of nitrogens with one attached hydrogen (secondary N) is 2. The van der Waals surface area contributed by atoms with E-state index < -0.39 is 6.10 Å². The predicted molar refractivity (Wildman–Crippen MR) is 86.0 cm³/mol. The lowest BCUT2D eigenvalue weighted by Gasteiger charge is -2.25. The van der Waals surface area contributed by atoms with Crippen molar-refractivity contribution in [2.24, 2.45) is 0 Å². The molecule has 1 atom stereocenters. The van der Waals surface area contributed by atoms with E-state index in [0.717, 1.165) is 4.47 Å². The van der Waals surface area contributed by atoms with E-state index in [1.807, 2.05) is 18.2 Å². The van der Waals surface area contributed by atoms with Gasteiger partial charge in [-0.05, 0) is 30.3 Å². The van der Waals surface area contributed by atoms with E-state index in [9.17, 15) is 9.59 Å². The molecule has 2 N–H and O–H groups in total. The van der Waals surface area contributed by atoms with Crippen LogP contribution in [0.2, 0.25) is 0 Å². The zero-order valence-electron chi connectivity index (χ0n) is 11.5. The lowest BCUT2D eigenvalue weighted by Crippen LogP contribution is -2.45. The zero-order valence-corrected chi connectivity index (χ0v) is 13.1. The maximum Gasteiger partial charge on any atom is 0.267 e. The third-order valence-electron chi connectivity index (χ3n) is 3.24. The molecule has 22 heavy (non-hydrogen) atoms. The van der Waals surface area contributed by atoms with Crippen molar-refractivity contribution in [2.45, 2.75) is 6.10 Å². The van der Waals surface area contributed by atoms with E-state index in [-0.39, 0.29) is 18.4 Å². The molecule has 0 saturated heterocycles. The van der Waals surface area contributed by atoms with Crippen LogP contribution in [0.3, 0.4) is 0 Å². The Labute approximate surface area is 135 Å². The predicted octanol–water partition coefficient (Wildman–Crippen LogP) is 2.58. The van der Waals surface area contributed by atoms with Gasteiger partial charge in [-0.3, -0.25) is 9.59 Å². The molecule has 1 aliphatic heterocycles. The van der Waals surface area contributed by atoms with Crippen LogP contribution in [0.4, 0.5) is 5.69 Å². The number of para-hydroxylation sites is 2. The van der Waals surface area contributed by atoms with Crippen LogP contribution in [0, 0.1) is 0 Å². The number of halogens is 1. The first-order valence-electron chi connectivity index (χ1n) is 6.74. The van der Waals surface area contributed by atoms with Crippen molar-refractivity contribution >= 4 is 33.4 Å². The van der Waals surface area contributed by atoms with Gasteiger partial charge in [0.1, 0.15) is 5.75 Å². The van der Waals surface area contributed by atoms with Crippen LogP contribution >= 0.6 is 15.9 Å². The second kappa shape index (κ2) is 6.19. The standard InChI is InChI=1S/C16H13BrN2O3/c17-11-5-3-4-10(8-11)15(20)18-9-14-16(21)19-12-6-1-2-7-13(12)22-14/h1-8,14H,9H2,(H,18,20)(H,19,21). The molecule has 2 amide bonds. The van der Waals surface area contributed by atoms with Gasteiger partial charge in [-0.1, -0.05) is 34.1 Å². The average molecular weight is 361 g/mol. The van der Waals surface area contributed by atoms with E-state index in [0.29, 0.717) is 17.0 Å². The Bertz CT molecular complexity index is 733. The van der Waals surface area contributed by atoms with Gasteiger partial charge < -0.3 is 15.4 Å². The lowest BCUT2D eigenvalue weighted by atomic mass is 10.2. The van der Waals surface area contributed by atoms with E-state index in [4.69, 9.17) is 4.74 Å². The van der Waals surface area contributed by atoms with Crippen molar-refractivity contribution in [3.8, 4) is 5.75 Å². The van der Waals surface area contributed by atoms with Crippen molar-refractivity contribution in [2.75, 3.05) is 11.9 Å². The third-order valence-corrected chi connectivity index (χ3v) is 3.73. The lowest BCUT2D eigenvalue weighted by molar-refractivity contribution is -0.123. The minimum atomic E-state index is -0.744. The summed E-state index contributed by atoms with van der Waals surface area (Å²) in [6, 6.07) is 14.2. The van der Waals surface area contributed by atoms with Crippen LogP contribution in [-0.2, 0) is 4.79 Å². The molecule has 2 aromatic carbocycles. The van der Waals surface area contributed by atoms with Gasteiger partial charge in [-0.25, -0.2) is 0 Å². The SMILES string of the molecule is O=C(NCC1Oc2ccccc2NC1=O)c1cccc(Br)c1. The summed E-state index contributed by atoms with van der Waals surface area (Å²) in [7, 11) is 0. The van der Waals surface area contributed by atoms with Crippen LogP contribution in [-0.4, -0.2) is 24.5 Å². The molecule has 3 rings (SSSR count). The molecular weight excluding hydrogens is 348 g/mol. The summed E-state index contributed by atoms with van der Waals surface area (Å²) in [5, 5.41) is 5.47. The monoisotopic (exact) mass is 360 g/mol. The number of amides is 2. The van der Waals surface area contributed by atoms with Crippen molar-refractivity contribution in [1.29, 1.82) is 0 Å². The van der Waals surface area contributed by atoms with Gasteiger partial charge in [0.15, 0.2) is 6.10 Å². The molecule has 0 spiro atoms. The minimum absolute atomic E-state index is 0.103. The number of hydrogen-bond acceptors (Lipinski definition) is 3. The van der Waals surface area contributed by atoms with Gasteiger partial charge in [0, 0.05) is 10.0 Å². The largest absolute Gasteiger partial charge is 0.477 e. The van der Waals surface area contributed by atoms with Crippen LogP contribution in [0.5, 0.6) is 5.75 Å². The minimum Gasteiger partial charge on any atom is -0.477 e. The summed E-state index contributed by atoms with van der Waals surface area (Å²) in [5.41, 5.74) is 1.16. The summed E-state index contributed by atoms with van der Waals surface area (Å²) >= 11 is 3.32. The molecule has 1 unspecified atom stereocenters. The number of carbonyl (C=O) groups excluding carboxylic acids is 2. The fourth-order valence-corrected chi connectivity index (χ4v) is 2.54. The molecule has 0 saturated carbocycles. The normalized spacial score (nSPS) is 16.2. The first-order chi connectivity index (χ1) is 10.6. The Morgan fingerprint density at radius 3 is 2.86 bits per heavy atom. The fraction of sp³-hybridized carbons (Fsp3) is 0.125. The van der Waals surface area contributed by atoms with E-state index >= 15 is 0 Å². The highest BCUT2D eigenvalue weighted by Crippen LogP contribution is 2.28. The second-order valence-corrected chi connectivity index (χ2v) is 5.73. The molecule has 0 radical (unpaired) electrons. The van der Waals surface area contributed by atoms with Crippen LogP contribution in [0.25, 0.3) is 0 Å². The quantitative estimate of drug-likeness (QED) is 0.883. The van der Waals surface area contributed by atoms with Crippen molar-refractivity contribution < 1.29 is 14.3 Å². The van der Waals surface area contributed by atoms with E-state index in [1.54, 1.807) is 30.3 Å². The van der Waals surface area contributed by atoms with Gasteiger partial charge in [0.25, 0.3) is 11.8 Å². The number of anilines is 1. The Morgan fingerprint density at radius 1 is 1.23 bits per heavy atom. The summed E-state index contributed by atoms with van der Waals surface area (Å²) in [4.78, 5) is 24.0. The summed E-state index contributed by atoms with van der Waals surface area (Å²) in [5.74, 6) is 0.0774. The molecule has 2 aromatic rings. The highest BCUT2D eigenvalue weighted by molar-refractivity contribution is 9.10. The van der Waals surface area contributed by atoms with Gasteiger partial charge in [0.2, 0.25) is 0 Å². The number of hydrogen-bond donors (Lipinski definition) is 2. The second-order valence-electron chi connectivity index (χ2n) is 4.81. The fourth-order valence-electron chi connectivity index (χ4n) is 2.14. The molecule has 1 heterocycles. The average Bonchev–Trinajstić information content (AvgIpc) is 2.52. The summed E-state index contributed by atoms with van der Waals surface area (Å²) in [6.07, 6.45) is -0.744.